The van der Waals surface area contributed by atoms with Gasteiger partial charge in [-0.3, -0.25) is 9.59 Å². The van der Waals surface area contributed by atoms with Crippen LogP contribution in [0, 0.1) is 0 Å². The number of nitrogens with one attached hydrogen (secondary N) is 2. The maximum Gasteiger partial charge on any atom is 0.217 e. The summed E-state index contributed by atoms with van der Waals surface area (Å²) < 4.78 is 45.1. The van der Waals surface area contributed by atoms with E-state index in [2.05, 4.69) is 17.2 Å². The third kappa shape index (κ3) is 8.93. The number of aliphatic hydroxyl groups excluding tert-OH is 2. The third-order valence-electron chi connectivity index (χ3n) is 10.5. The van der Waals surface area contributed by atoms with Crippen molar-refractivity contribution < 1.29 is 53.0 Å². The van der Waals surface area contributed by atoms with Crippen molar-refractivity contribution in [3.63, 3.8) is 0 Å². The Morgan fingerprint density at radius 3 is 1.78 bits per heavy atom. The monoisotopic (exact) mass is 794 g/mol. The molecule has 13 nitrogen and oxygen atoms in total. The van der Waals surface area contributed by atoms with Gasteiger partial charge in [-0.1, -0.05) is 127 Å². The van der Waals surface area contributed by atoms with Crippen molar-refractivity contribution in [1.29, 1.82) is 0 Å². The van der Waals surface area contributed by atoms with Gasteiger partial charge >= 0.3 is 0 Å². The fourth-order valence-corrected chi connectivity index (χ4v) is 7.92. The van der Waals surface area contributed by atoms with E-state index in [0.29, 0.717) is 0 Å². The molecule has 3 saturated heterocycles. The summed E-state index contributed by atoms with van der Waals surface area (Å²) in [4.78, 5) is 25.2. The van der Waals surface area contributed by atoms with Gasteiger partial charge in [-0.05, 0) is 16.7 Å². The van der Waals surface area contributed by atoms with Crippen LogP contribution in [0.15, 0.2) is 134 Å². The average Bonchev–Trinajstić information content (AvgIpc) is 3.25. The molecule has 0 unspecified atom stereocenters. The molecule has 0 radical (unpaired) electrons. The Bertz CT molecular complexity index is 1840. The molecule has 4 aromatic rings. The molecule has 0 spiro atoms. The number of aliphatic hydroxyl groups is 2. The average molecular weight is 795 g/mol. The van der Waals surface area contributed by atoms with Gasteiger partial charge in [0.05, 0.1) is 19.8 Å². The summed E-state index contributed by atoms with van der Waals surface area (Å²) in [5.41, 5.74) is 2.07. The normalized spacial score (nSPS) is 29.8. The van der Waals surface area contributed by atoms with Gasteiger partial charge in [0.25, 0.3) is 0 Å². The first kappa shape index (κ1) is 41.4. The highest BCUT2D eigenvalue weighted by molar-refractivity contribution is 5.73. The highest BCUT2D eigenvalue weighted by atomic mass is 16.8. The van der Waals surface area contributed by atoms with Crippen molar-refractivity contribution in [1.82, 2.24) is 10.6 Å². The minimum absolute atomic E-state index is 0.0317. The Labute approximate surface area is 337 Å². The van der Waals surface area contributed by atoms with Crippen LogP contribution in [0.2, 0.25) is 0 Å². The second kappa shape index (κ2) is 18.9. The van der Waals surface area contributed by atoms with Crippen molar-refractivity contribution in [2.45, 2.75) is 87.0 Å². The Balaban J connectivity index is 1.24. The zero-order chi connectivity index (χ0) is 40.6. The topological polar surface area (TPSA) is 163 Å². The van der Waals surface area contributed by atoms with Crippen LogP contribution in [0.1, 0.15) is 42.4 Å². The second-order valence-electron chi connectivity index (χ2n) is 14.5. The minimum Gasteiger partial charge on any atom is -0.388 e. The van der Waals surface area contributed by atoms with Crippen molar-refractivity contribution in [3.8, 4) is 0 Å². The summed E-state index contributed by atoms with van der Waals surface area (Å²) in [6, 6.07) is 36.3. The van der Waals surface area contributed by atoms with Crippen LogP contribution in [-0.2, 0) is 48.3 Å². The van der Waals surface area contributed by atoms with Crippen LogP contribution >= 0.6 is 0 Å². The molecule has 58 heavy (non-hydrogen) atoms. The van der Waals surface area contributed by atoms with Gasteiger partial charge < -0.3 is 54.0 Å². The van der Waals surface area contributed by atoms with Crippen LogP contribution in [0.4, 0.5) is 0 Å². The SMILES string of the molecule is C=CCO[C@@H]1O[C@H](COC(c2ccccc2)(c2ccccc2)c2ccccc2)[C@@H](O[C@@H]2O[C@@H]3CO[C@@H](c4ccccc4)O[C@H]3[C@@H](O)[C@H]2NC(C)=O)[C@@H](O)[C@H]1NC(C)=O. The molecule has 0 aliphatic carbocycles. The molecular weight excluding hydrogens is 744 g/mol. The lowest BCUT2D eigenvalue weighted by atomic mass is 9.80. The van der Waals surface area contributed by atoms with Gasteiger partial charge in [0.1, 0.15) is 54.3 Å². The lowest BCUT2D eigenvalue weighted by Gasteiger charge is -2.50. The van der Waals surface area contributed by atoms with E-state index in [9.17, 15) is 19.8 Å². The van der Waals surface area contributed by atoms with Gasteiger partial charge in [-0.2, -0.15) is 0 Å². The van der Waals surface area contributed by atoms with Crippen LogP contribution < -0.4 is 10.6 Å². The molecule has 306 valence electrons. The number of benzene rings is 4. The molecule has 3 fully saturated rings. The Morgan fingerprint density at radius 1 is 0.741 bits per heavy atom. The van der Waals surface area contributed by atoms with E-state index in [1.165, 1.54) is 19.9 Å². The Morgan fingerprint density at radius 2 is 1.26 bits per heavy atom. The van der Waals surface area contributed by atoms with Crippen molar-refractivity contribution in [2.75, 3.05) is 19.8 Å². The first-order valence-corrected chi connectivity index (χ1v) is 19.4. The molecule has 0 bridgehead atoms. The van der Waals surface area contributed by atoms with Crippen LogP contribution in [0.25, 0.3) is 0 Å². The first-order valence-electron chi connectivity index (χ1n) is 19.4. The maximum absolute atomic E-state index is 12.6. The number of carbonyl (C=O) groups is 2. The third-order valence-corrected chi connectivity index (χ3v) is 10.5. The zero-order valence-corrected chi connectivity index (χ0v) is 32.4. The zero-order valence-electron chi connectivity index (χ0n) is 32.4. The summed E-state index contributed by atoms with van der Waals surface area (Å²) in [7, 11) is 0. The highest BCUT2D eigenvalue weighted by Gasteiger charge is 2.54. The van der Waals surface area contributed by atoms with Gasteiger partial charge in [-0.15, -0.1) is 6.58 Å². The molecule has 2 amide bonds. The summed E-state index contributed by atoms with van der Waals surface area (Å²) in [5.74, 6) is -0.906. The van der Waals surface area contributed by atoms with Crippen LogP contribution in [-0.4, -0.2) is 103 Å². The quantitative estimate of drug-likeness (QED) is 0.108. The molecule has 4 N–H and O–H groups in total. The highest BCUT2D eigenvalue weighted by Crippen LogP contribution is 2.42. The van der Waals surface area contributed by atoms with E-state index >= 15 is 0 Å². The second-order valence-corrected chi connectivity index (χ2v) is 14.5. The molecule has 3 aliphatic heterocycles. The number of carbonyl (C=O) groups excluding carboxylic acids is 2. The molecule has 0 saturated carbocycles. The molecule has 3 heterocycles. The summed E-state index contributed by atoms with van der Waals surface area (Å²) in [5, 5.41) is 29.6. The lowest BCUT2D eigenvalue weighted by Crippen LogP contribution is -2.70. The van der Waals surface area contributed by atoms with Gasteiger partial charge in [0.2, 0.25) is 11.8 Å². The summed E-state index contributed by atoms with van der Waals surface area (Å²) in [6.45, 7) is 6.27. The van der Waals surface area contributed by atoms with E-state index in [-0.39, 0.29) is 19.8 Å². The number of hydrogen-bond acceptors (Lipinski definition) is 11. The standard InChI is InChI=1S/C45H50N2O11/c1-4-25-52-43-36(46-28(2)48)38(50)41(58-44-37(47-29(3)49)39(51)40-34(56-44)26-53-42(57-40)30-17-9-5-10-18-30)35(55-43)27-54-45(31-19-11-6-12-20-31,32-21-13-7-14-22-32)33-23-15-8-16-24-33/h4-24,34-44,50-51H,1,25-27H2,2-3H3,(H,46,48)(H,47,49)/t34-,35-,36-,37-,38+,39+,40-,41-,42-,43-,44+/m1/s1. The van der Waals surface area contributed by atoms with E-state index in [1.807, 2.05) is 121 Å². The number of hydrogen-bond donors (Lipinski definition) is 4. The number of fused-ring (bicyclic) bond motifs is 1. The van der Waals surface area contributed by atoms with Crippen molar-refractivity contribution in [3.05, 3.63) is 156 Å². The molecular formula is C45H50N2O11. The molecule has 13 heteroatoms. The maximum atomic E-state index is 12.6. The molecule has 11 atom stereocenters. The van der Waals surface area contributed by atoms with E-state index in [0.717, 1.165) is 22.3 Å². The predicted octanol–water partition coefficient (Wildman–Crippen LogP) is 3.88. The van der Waals surface area contributed by atoms with Crippen LogP contribution in [0.3, 0.4) is 0 Å². The summed E-state index contributed by atoms with van der Waals surface area (Å²) >= 11 is 0. The Kier molecular flexibility index (Phi) is 13.4. The number of amides is 2. The fraction of sp³-hybridized carbons (Fsp3) is 0.378. The summed E-state index contributed by atoms with van der Waals surface area (Å²) in [6.07, 6.45) is -8.65. The fourth-order valence-electron chi connectivity index (χ4n) is 7.92. The van der Waals surface area contributed by atoms with Crippen molar-refractivity contribution >= 4 is 11.8 Å². The van der Waals surface area contributed by atoms with E-state index < -0.39 is 85.0 Å². The Hall–Kier alpha value is -4.80. The van der Waals surface area contributed by atoms with E-state index in [4.69, 9.17) is 33.2 Å². The molecule has 7 rings (SSSR count). The molecule has 4 aromatic carbocycles. The van der Waals surface area contributed by atoms with Gasteiger partial charge in [-0.25, -0.2) is 0 Å². The number of ether oxygens (including phenoxy) is 7. The largest absolute Gasteiger partial charge is 0.388 e. The lowest BCUT2D eigenvalue weighted by molar-refractivity contribution is -0.366. The molecule has 3 aliphatic rings. The van der Waals surface area contributed by atoms with Gasteiger partial charge in [0, 0.05) is 19.4 Å². The van der Waals surface area contributed by atoms with Crippen molar-refractivity contribution in [2.24, 2.45) is 0 Å². The molecule has 0 aromatic heterocycles. The minimum atomic E-state index is -1.47. The van der Waals surface area contributed by atoms with Gasteiger partial charge in [0.15, 0.2) is 18.9 Å². The predicted molar refractivity (Wildman–Crippen MR) is 211 cm³/mol. The first-order chi connectivity index (χ1) is 28.2. The van der Waals surface area contributed by atoms with E-state index in [1.54, 1.807) is 0 Å². The number of rotatable bonds is 14. The van der Waals surface area contributed by atoms with Crippen LogP contribution in [0.5, 0.6) is 0 Å². The smallest absolute Gasteiger partial charge is 0.217 e.